The third kappa shape index (κ3) is 4.70. The van der Waals surface area contributed by atoms with Gasteiger partial charge in [-0.25, -0.2) is 8.78 Å². The second-order valence-corrected chi connectivity index (χ2v) is 5.99. The van der Waals surface area contributed by atoms with Gasteiger partial charge < -0.3 is 14.2 Å². The van der Waals surface area contributed by atoms with Gasteiger partial charge in [-0.2, -0.15) is 0 Å². The zero-order valence-corrected chi connectivity index (χ0v) is 14.7. The van der Waals surface area contributed by atoms with Crippen molar-refractivity contribution in [2.45, 2.75) is 12.8 Å². The van der Waals surface area contributed by atoms with Crippen molar-refractivity contribution in [2.75, 3.05) is 19.8 Å². The molecule has 0 aromatic heterocycles. The lowest BCUT2D eigenvalue weighted by Gasteiger charge is -2.18. The van der Waals surface area contributed by atoms with Gasteiger partial charge in [-0.1, -0.05) is 0 Å². The standard InChI is InChI=1S/C20H16F2O6/c21-13-2-3-14(15(22)10-13)17(24)11-28-20(25)6-4-16(23)12-1-5-18-19(9-12)27-8-7-26-18/h1-3,5,9-10H,4,6-8,11H2. The third-order valence-corrected chi connectivity index (χ3v) is 4.02. The van der Waals surface area contributed by atoms with Crippen molar-refractivity contribution in [1.29, 1.82) is 0 Å². The van der Waals surface area contributed by atoms with Crippen LogP contribution in [0.5, 0.6) is 11.5 Å². The number of Topliss-reactive ketones (excluding diaryl/α,β-unsaturated/α-hetero) is 2. The van der Waals surface area contributed by atoms with E-state index in [9.17, 15) is 23.2 Å². The molecule has 0 spiro atoms. The fourth-order valence-corrected chi connectivity index (χ4v) is 2.59. The highest BCUT2D eigenvalue weighted by Gasteiger charge is 2.18. The Kier molecular flexibility index (Phi) is 5.98. The van der Waals surface area contributed by atoms with Crippen molar-refractivity contribution in [3.63, 3.8) is 0 Å². The summed E-state index contributed by atoms with van der Waals surface area (Å²) in [5.74, 6) is -2.71. The Morgan fingerprint density at radius 1 is 0.893 bits per heavy atom. The number of esters is 1. The van der Waals surface area contributed by atoms with Gasteiger partial charge in [0.15, 0.2) is 23.9 Å². The molecule has 0 fully saturated rings. The molecule has 1 heterocycles. The van der Waals surface area contributed by atoms with E-state index in [4.69, 9.17) is 14.2 Å². The molecule has 8 heteroatoms. The van der Waals surface area contributed by atoms with E-state index in [0.717, 1.165) is 12.1 Å². The van der Waals surface area contributed by atoms with Gasteiger partial charge in [-0.3, -0.25) is 14.4 Å². The predicted octanol–water partition coefficient (Wildman–Crippen LogP) is 3.13. The van der Waals surface area contributed by atoms with Crippen LogP contribution in [-0.4, -0.2) is 37.4 Å². The number of fused-ring (bicyclic) bond motifs is 1. The fraction of sp³-hybridized carbons (Fsp3) is 0.250. The Balaban J connectivity index is 1.48. The summed E-state index contributed by atoms with van der Waals surface area (Å²) in [6.07, 6.45) is -0.371. The largest absolute Gasteiger partial charge is 0.486 e. The zero-order valence-electron chi connectivity index (χ0n) is 14.7. The van der Waals surface area contributed by atoms with Crippen LogP contribution in [0.4, 0.5) is 8.78 Å². The average molecular weight is 390 g/mol. The molecule has 0 saturated carbocycles. The van der Waals surface area contributed by atoms with Crippen LogP contribution in [0.2, 0.25) is 0 Å². The Labute approximate surface area is 159 Å². The van der Waals surface area contributed by atoms with Crippen molar-refractivity contribution in [2.24, 2.45) is 0 Å². The first-order valence-corrected chi connectivity index (χ1v) is 8.51. The van der Waals surface area contributed by atoms with E-state index >= 15 is 0 Å². The number of carbonyl (C=O) groups is 3. The molecular formula is C20H16F2O6. The van der Waals surface area contributed by atoms with E-state index in [0.29, 0.717) is 36.3 Å². The first-order valence-electron chi connectivity index (χ1n) is 8.51. The highest BCUT2D eigenvalue weighted by Crippen LogP contribution is 2.31. The van der Waals surface area contributed by atoms with Gasteiger partial charge in [-0.15, -0.1) is 0 Å². The first-order chi connectivity index (χ1) is 13.4. The molecule has 0 amide bonds. The van der Waals surface area contributed by atoms with E-state index in [1.54, 1.807) is 18.2 Å². The minimum Gasteiger partial charge on any atom is -0.486 e. The van der Waals surface area contributed by atoms with Crippen LogP contribution in [0.15, 0.2) is 36.4 Å². The molecule has 6 nitrogen and oxygen atoms in total. The van der Waals surface area contributed by atoms with Gasteiger partial charge in [0, 0.05) is 18.1 Å². The van der Waals surface area contributed by atoms with Gasteiger partial charge in [0.05, 0.1) is 12.0 Å². The SMILES string of the molecule is O=C(CCC(=O)c1ccc2c(c1)OCCO2)OCC(=O)c1ccc(F)cc1F. The molecule has 2 aromatic rings. The zero-order chi connectivity index (χ0) is 20.1. The van der Waals surface area contributed by atoms with Crippen molar-refractivity contribution in [3.05, 3.63) is 59.2 Å². The van der Waals surface area contributed by atoms with Gasteiger partial charge in [0.1, 0.15) is 24.8 Å². The quantitative estimate of drug-likeness (QED) is 0.534. The van der Waals surface area contributed by atoms with Gasteiger partial charge >= 0.3 is 5.97 Å². The second kappa shape index (κ2) is 8.60. The van der Waals surface area contributed by atoms with E-state index in [-0.39, 0.29) is 24.2 Å². The van der Waals surface area contributed by atoms with Crippen LogP contribution in [0.25, 0.3) is 0 Å². The van der Waals surface area contributed by atoms with E-state index in [1.165, 1.54) is 0 Å². The van der Waals surface area contributed by atoms with Gasteiger partial charge in [0.2, 0.25) is 5.78 Å². The maximum absolute atomic E-state index is 13.5. The van der Waals surface area contributed by atoms with Crippen molar-refractivity contribution in [3.8, 4) is 11.5 Å². The molecule has 0 atom stereocenters. The maximum Gasteiger partial charge on any atom is 0.306 e. The first kappa shape index (κ1) is 19.5. The second-order valence-electron chi connectivity index (χ2n) is 5.99. The number of ketones is 2. The van der Waals surface area contributed by atoms with Gasteiger partial charge in [-0.05, 0) is 30.3 Å². The molecule has 0 bridgehead atoms. The van der Waals surface area contributed by atoms with Crippen molar-refractivity contribution >= 4 is 17.5 Å². The molecule has 1 aliphatic heterocycles. The lowest BCUT2D eigenvalue weighted by Crippen LogP contribution is -2.17. The summed E-state index contributed by atoms with van der Waals surface area (Å²) in [7, 11) is 0. The summed E-state index contributed by atoms with van der Waals surface area (Å²) in [6.45, 7) is 0.131. The van der Waals surface area contributed by atoms with Gasteiger partial charge in [0.25, 0.3) is 0 Å². The van der Waals surface area contributed by atoms with Crippen LogP contribution in [0.3, 0.4) is 0 Å². The van der Waals surface area contributed by atoms with Crippen molar-refractivity contribution in [1.82, 2.24) is 0 Å². The topological polar surface area (TPSA) is 78.9 Å². The Morgan fingerprint density at radius 2 is 1.64 bits per heavy atom. The van der Waals surface area contributed by atoms with Crippen LogP contribution >= 0.6 is 0 Å². The van der Waals surface area contributed by atoms with E-state index in [1.807, 2.05) is 0 Å². The molecule has 0 N–H and O–H groups in total. The molecule has 0 radical (unpaired) electrons. The minimum atomic E-state index is -1.03. The Morgan fingerprint density at radius 3 is 2.39 bits per heavy atom. The number of benzene rings is 2. The summed E-state index contributed by atoms with van der Waals surface area (Å²) < 4.78 is 41.9. The highest BCUT2D eigenvalue weighted by molar-refractivity contribution is 5.99. The van der Waals surface area contributed by atoms with E-state index < -0.39 is 30.0 Å². The van der Waals surface area contributed by atoms with Crippen LogP contribution in [0.1, 0.15) is 33.6 Å². The molecule has 146 valence electrons. The third-order valence-electron chi connectivity index (χ3n) is 4.02. The lowest BCUT2D eigenvalue weighted by molar-refractivity contribution is -0.142. The molecule has 0 saturated heterocycles. The minimum absolute atomic E-state index is 0.127. The highest BCUT2D eigenvalue weighted by atomic mass is 19.1. The molecule has 3 rings (SSSR count). The summed E-state index contributed by atoms with van der Waals surface area (Å²) in [4.78, 5) is 35.8. The number of hydrogen-bond donors (Lipinski definition) is 0. The maximum atomic E-state index is 13.5. The Hall–Kier alpha value is -3.29. The Bertz CT molecular complexity index is 925. The monoisotopic (exact) mass is 390 g/mol. The van der Waals surface area contributed by atoms with Crippen LogP contribution in [0, 0.1) is 11.6 Å². The number of hydrogen-bond acceptors (Lipinski definition) is 6. The average Bonchev–Trinajstić information content (AvgIpc) is 2.69. The summed E-state index contributed by atoms with van der Waals surface area (Å²) >= 11 is 0. The summed E-state index contributed by atoms with van der Waals surface area (Å²) in [5.41, 5.74) is -0.0111. The summed E-state index contributed by atoms with van der Waals surface area (Å²) in [5, 5.41) is 0. The van der Waals surface area contributed by atoms with Crippen LogP contribution < -0.4 is 9.47 Å². The van der Waals surface area contributed by atoms with E-state index in [2.05, 4.69) is 0 Å². The number of ether oxygens (including phenoxy) is 3. The van der Waals surface area contributed by atoms with Crippen molar-refractivity contribution < 1.29 is 37.4 Å². The number of halogens is 2. The normalized spacial score (nSPS) is 12.4. The molecule has 0 unspecified atom stereocenters. The summed E-state index contributed by atoms with van der Waals surface area (Å²) in [6, 6.07) is 7.22. The fourth-order valence-electron chi connectivity index (χ4n) is 2.59. The lowest BCUT2D eigenvalue weighted by atomic mass is 10.1. The molecule has 28 heavy (non-hydrogen) atoms. The molecule has 0 aliphatic carbocycles. The molecule has 1 aliphatic rings. The molecular weight excluding hydrogens is 374 g/mol. The number of rotatable bonds is 7. The molecule has 2 aromatic carbocycles. The predicted molar refractivity (Wildman–Crippen MR) is 92.6 cm³/mol. The smallest absolute Gasteiger partial charge is 0.306 e. The van der Waals surface area contributed by atoms with Crippen LogP contribution in [-0.2, 0) is 9.53 Å². The number of carbonyl (C=O) groups excluding carboxylic acids is 3.